The molecule has 0 amide bonds. The van der Waals surface area contributed by atoms with Crippen LogP contribution in [0.15, 0.2) is 6.07 Å². The molecule has 0 atom stereocenters. The van der Waals surface area contributed by atoms with Crippen molar-refractivity contribution in [3.05, 3.63) is 22.8 Å². The fourth-order valence-corrected chi connectivity index (χ4v) is 2.31. The molecule has 2 heteroatoms. The van der Waals surface area contributed by atoms with Crippen LogP contribution < -0.4 is 0 Å². The van der Waals surface area contributed by atoms with E-state index in [4.69, 9.17) is 0 Å². The molecule has 0 heterocycles. The number of hydrogen-bond acceptors (Lipinski definition) is 2. The van der Waals surface area contributed by atoms with Gasteiger partial charge in [0, 0.05) is 5.56 Å². The van der Waals surface area contributed by atoms with E-state index in [-0.39, 0.29) is 11.5 Å². The molecule has 0 aliphatic carbocycles. The fraction of sp³-hybridized carbons (Fsp3) is 0.600. The van der Waals surface area contributed by atoms with Crippen molar-refractivity contribution in [3.63, 3.8) is 0 Å². The maximum Gasteiger partial charge on any atom is 0.160 e. The van der Waals surface area contributed by atoms with Crippen molar-refractivity contribution in [3.8, 4) is 11.5 Å². The summed E-state index contributed by atoms with van der Waals surface area (Å²) < 4.78 is 0. The molecule has 0 aliphatic rings. The second kappa shape index (κ2) is 6.53. The molecule has 1 aromatic rings. The van der Waals surface area contributed by atoms with Crippen molar-refractivity contribution in [2.45, 2.75) is 59.3 Å². The van der Waals surface area contributed by atoms with Gasteiger partial charge >= 0.3 is 0 Å². The average Bonchev–Trinajstić information content (AvgIpc) is 2.33. The molecule has 0 saturated heterocycles. The van der Waals surface area contributed by atoms with Gasteiger partial charge in [-0.15, -0.1) is 0 Å². The Hall–Kier alpha value is -1.18. The zero-order valence-electron chi connectivity index (χ0n) is 11.2. The SMILES string of the molecule is CCCCc1c(CC)cc(O)c(O)c1CCC. The van der Waals surface area contributed by atoms with Crippen molar-refractivity contribution in [1.29, 1.82) is 0 Å². The Balaban J connectivity index is 3.23. The highest BCUT2D eigenvalue weighted by atomic mass is 16.3. The number of benzene rings is 1. The van der Waals surface area contributed by atoms with Crippen LogP contribution in [0.3, 0.4) is 0 Å². The second-order valence-corrected chi connectivity index (χ2v) is 4.57. The molecule has 0 spiro atoms. The van der Waals surface area contributed by atoms with Gasteiger partial charge in [0.2, 0.25) is 0 Å². The Morgan fingerprint density at radius 1 is 0.941 bits per heavy atom. The summed E-state index contributed by atoms with van der Waals surface area (Å²) in [4.78, 5) is 0. The van der Waals surface area contributed by atoms with Gasteiger partial charge in [-0.3, -0.25) is 0 Å². The molecule has 1 rings (SSSR count). The van der Waals surface area contributed by atoms with Gasteiger partial charge in [0.05, 0.1) is 0 Å². The average molecular weight is 236 g/mol. The van der Waals surface area contributed by atoms with Crippen molar-refractivity contribution < 1.29 is 10.2 Å². The van der Waals surface area contributed by atoms with Crippen LogP contribution in [0.25, 0.3) is 0 Å². The van der Waals surface area contributed by atoms with E-state index in [1.165, 1.54) is 11.1 Å². The highest BCUT2D eigenvalue weighted by Crippen LogP contribution is 2.36. The second-order valence-electron chi connectivity index (χ2n) is 4.57. The molecule has 0 aliphatic heterocycles. The van der Waals surface area contributed by atoms with Crippen molar-refractivity contribution in [2.75, 3.05) is 0 Å². The van der Waals surface area contributed by atoms with Crippen LogP contribution in [-0.4, -0.2) is 10.2 Å². The summed E-state index contributed by atoms with van der Waals surface area (Å²) in [7, 11) is 0. The summed E-state index contributed by atoms with van der Waals surface area (Å²) in [6.45, 7) is 6.36. The van der Waals surface area contributed by atoms with E-state index in [1.807, 2.05) is 0 Å². The molecule has 1 aromatic carbocycles. The Morgan fingerprint density at radius 3 is 2.18 bits per heavy atom. The minimum absolute atomic E-state index is 0.0329. The maximum atomic E-state index is 9.98. The lowest BCUT2D eigenvalue weighted by molar-refractivity contribution is 0.397. The summed E-state index contributed by atoms with van der Waals surface area (Å²) in [6.07, 6.45) is 6.02. The molecule has 0 radical (unpaired) electrons. The molecule has 0 bridgehead atoms. The van der Waals surface area contributed by atoms with Crippen molar-refractivity contribution >= 4 is 0 Å². The lowest BCUT2D eigenvalue weighted by atomic mass is 9.91. The normalized spacial score (nSPS) is 10.8. The van der Waals surface area contributed by atoms with Gasteiger partial charge in [-0.05, 0) is 42.9 Å². The van der Waals surface area contributed by atoms with Gasteiger partial charge in [0.25, 0.3) is 0 Å². The molecule has 0 fully saturated rings. The summed E-state index contributed by atoms with van der Waals surface area (Å²) in [5, 5.41) is 19.7. The number of phenols is 2. The van der Waals surface area contributed by atoms with Gasteiger partial charge in [-0.1, -0.05) is 33.6 Å². The van der Waals surface area contributed by atoms with Crippen LogP contribution in [0.5, 0.6) is 11.5 Å². The Morgan fingerprint density at radius 2 is 1.65 bits per heavy atom. The highest BCUT2D eigenvalue weighted by Gasteiger charge is 2.15. The van der Waals surface area contributed by atoms with Crippen LogP contribution in [0.4, 0.5) is 0 Å². The summed E-state index contributed by atoms with van der Waals surface area (Å²) in [5.41, 5.74) is 3.39. The lowest BCUT2D eigenvalue weighted by Crippen LogP contribution is -2.01. The first-order valence-electron chi connectivity index (χ1n) is 6.71. The van der Waals surface area contributed by atoms with Crippen LogP contribution in [-0.2, 0) is 19.3 Å². The number of hydrogen-bond donors (Lipinski definition) is 2. The topological polar surface area (TPSA) is 40.5 Å². The van der Waals surface area contributed by atoms with Crippen molar-refractivity contribution in [1.82, 2.24) is 0 Å². The zero-order valence-corrected chi connectivity index (χ0v) is 11.2. The van der Waals surface area contributed by atoms with Crippen LogP contribution >= 0.6 is 0 Å². The molecule has 0 aromatic heterocycles. The zero-order chi connectivity index (χ0) is 12.8. The molecule has 0 saturated carbocycles. The predicted octanol–water partition coefficient (Wildman–Crippen LogP) is 3.96. The maximum absolute atomic E-state index is 9.98. The first kappa shape index (κ1) is 13.9. The van der Waals surface area contributed by atoms with Crippen molar-refractivity contribution in [2.24, 2.45) is 0 Å². The van der Waals surface area contributed by atoms with E-state index in [1.54, 1.807) is 6.07 Å². The number of aryl methyl sites for hydroxylation is 1. The smallest absolute Gasteiger partial charge is 0.160 e. The first-order chi connectivity index (χ1) is 8.15. The van der Waals surface area contributed by atoms with E-state index < -0.39 is 0 Å². The number of rotatable bonds is 6. The van der Waals surface area contributed by atoms with Gasteiger partial charge in [0.1, 0.15) is 0 Å². The van der Waals surface area contributed by atoms with E-state index in [0.717, 1.165) is 44.1 Å². The van der Waals surface area contributed by atoms with Gasteiger partial charge in [0.15, 0.2) is 11.5 Å². The summed E-state index contributed by atoms with van der Waals surface area (Å²) in [6, 6.07) is 1.72. The standard InChI is InChI=1S/C15H24O2/c1-4-7-9-12-11(6-3)10-14(16)15(17)13(12)8-5-2/h10,16-17H,4-9H2,1-3H3. The Kier molecular flexibility index (Phi) is 5.33. The third-order valence-corrected chi connectivity index (χ3v) is 3.25. The molecule has 2 nitrogen and oxygen atoms in total. The molecule has 96 valence electrons. The number of phenolic OH excluding ortho intramolecular Hbond substituents is 2. The van der Waals surface area contributed by atoms with Crippen LogP contribution in [0, 0.1) is 0 Å². The molecular formula is C15H24O2. The lowest BCUT2D eigenvalue weighted by Gasteiger charge is -2.16. The minimum atomic E-state index is 0.0329. The van der Waals surface area contributed by atoms with Gasteiger partial charge < -0.3 is 10.2 Å². The molecule has 0 unspecified atom stereocenters. The summed E-state index contributed by atoms with van der Waals surface area (Å²) in [5.74, 6) is 0.126. The largest absolute Gasteiger partial charge is 0.504 e. The molecule has 2 N–H and O–H groups in total. The highest BCUT2D eigenvalue weighted by molar-refractivity contribution is 5.53. The molecular weight excluding hydrogens is 212 g/mol. The quantitative estimate of drug-likeness (QED) is 0.734. The number of unbranched alkanes of at least 4 members (excludes halogenated alkanes) is 1. The van der Waals surface area contributed by atoms with E-state index in [2.05, 4.69) is 20.8 Å². The Bertz CT molecular complexity index is 370. The van der Waals surface area contributed by atoms with E-state index in [0.29, 0.717) is 0 Å². The van der Waals surface area contributed by atoms with Gasteiger partial charge in [-0.2, -0.15) is 0 Å². The van der Waals surface area contributed by atoms with E-state index in [9.17, 15) is 10.2 Å². The van der Waals surface area contributed by atoms with E-state index >= 15 is 0 Å². The summed E-state index contributed by atoms with van der Waals surface area (Å²) >= 11 is 0. The van der Waals surface area contributed by atoms with Crippen LogP contribution in [0.1, 0.15) is 56.7 Å². The molecule has 17 heavy (non-hydrogen) atoms. The number of aromatic hydroxyl groups is 2. The third-order valence-electron chi connectivity index (χ3n) is 3.25. The minimum Gasteiger partial charge on any atom is -0.504 e. The van der Waals surface area contributed by atoms with Gasteiger partial charge in [-0.25, -0.2) is 0 Å². The fourth-order valence-electron chi connectivity index (χ4n) is 2.31. The monoisotopic (exact) mass is 236 g/mol. The third kappa shape index (κ3) is 3.15. The Labute approximate surface area is 104 Å². The first-order valence-corrected chi connectivity index (χ1v) is 6.71. The van der Waals surface area contributed by atoms with Crippen LogP contribution in [0.2, 0.25) is 0 Å². The predicted molar refractivity (Wildman–Crippen MR) is 71.8 cm³/mol.